The van der Waals surface area contributed by atoms with Crippen LogP contribution in [0.2, 0.25) is 0 Å². The van der Waals surface area contributed by atoms with Crippen molar-refractivity contribution in [1.29, 1.82) is 0 Å². The number of hydrogen-bond acceptors (Lipinski definition) is 3. The smallest absolute Gasteiger partial charge is 0.329 e. The van der Waals surface area contributed by atoms with E-state index in [1.54, 1.807) is 0 Å². The third kappa shape index (κ3) is 4.47. The van der Waals surface area contributed by atoms with Gasteiger partial charge in [-0.25, -0.2) is 9.59 Å². The molecule has 0 spiro atoms. The van der Waals surface area contributed by atoms with Crippen molar-refractivity contribution in [3.8, 4) is 0 Å². The van der Waals surface area contributed by atoms with Gasteiger partial charge in [-0.2, -0.15) is 0 Å². The van der Waals surface area contributed by atoms with Crippen molar-refractivity contribution in [1.82, 2.24) is 5.32 Å². The van der Waals surface area contributed by atoms with Crippen molar-refractivity contribution in [3.63, 3.8) is 0 Å². The SMILES string of the molecule is O=C(O)COCCNC(=O)Nc1cccc2ccccc12. The number of hydrogen-bond donors (Lipinski definition) is 3. The van der Waals surface area contributed by atoms with Gasteiger partial charge in [-0.05, 0) is 11.5 Å². The number of carbonyl (C=O) groups is 2. The number of benzene rings is 2. The third-order valence-electron chi connectivity index (χ3n) is 2.80. The quantitative estimate of drug-likeness (QED) is 0.710. The minimum Gasteiger partial charge on any atom is -0.480 e. The minimum absolute atomic E-state index is 0.148. The van der Waals surface area contributed by atoms with Crippen LogP contribution in [0.15, 0.2) is 42.5 Å². The van der Waals surface area contributed by atoms with E-state index in [9.17, 15) is 9.59 Å². The largest absolute Gasteiger partial charge is 0.480 e. The van der Waals surface area contributed by atoms with Crippen molar-refractivity contribution in [3.05, 3.63) is 42.5 Å². The topological polar surface area (TPSA) is 87.7 Å². The molecule has 2 aromatic rings. The molecule has 0 unspecified atom stereocenters. The van der Waals surface area contributed by atoms with Gasteiger partial charge in [0.05, 0.1) is 12.3 Å². The van der Waals surface area contributed by atoms with Crippen molar-refractivity contribution < 1.29 is 19.4 Å². The number of urea groups is 1. The van der Waals surface area contributed by atoms with E-state index in [1.165, 1.54) is 0 Å². The number of anilines is 1. The lowest BCUT2D eigenvalue weighted by molar-refractivity contribution is -0.142. The molecule has 0 aliphatic rings. The molecule has 0 fully saturated rings. The molecule has 3 N–H and O–H groups in total. The lowest BCUT2D eigenvalue weighted by Gasteiger charge is -2.10. The van der Waals surface area contributed by atoms with Crippen LogP contribution in [0.25, 0.3) is 10.8 Å². The van der Waals surface area contributed by atoms with Crippen molar-refractivity contribution >= 4 is 28.5 Å². The van der Waals surface area contributed by atoms with Gasteiger partial charge in [0, 0.05) is 11.9 Å². The number of ether oxygens (including phenoxy) is 1. The molecular formula is C15H16N2O4. The fourth-order valence-electron chi connectivity index (χ4n) is 1.90. The molecule has 6 nitrogen and oxygen atoms in total. The van der Waals surface area contributed by atoms with Crippen molar-refractivity contribution in [2.75, 3.05) is 25.1 Å². The zero-order chi connectivity index (χ0) is 15.1. The van der Waals surface area contributed by atoms with Gasteiger partial charge < -0.3 is 20.5 Å². The Morgan fingerprint density at radius 1 is 1.10 bits per heavy atom. The highest BCUT2D eigenvalue weighted by Crippen LogP contribution is 2.22. The number of fused-ring (bicyclic) bond motifs is 1. The van der Waals surface area contributed by atoms with Gasteiger partial charge in [0.2, 0.25) is 0 Å². The van der Waals surface area contributed by atoms with E-state index in [2.05, 4.69) is 10.6 Å². The Morgan fingerprint density at radius 3 is 2.67 bits per heavy atom. The first kappa shape index (κ1) is 14.8. The van der Waals surface area contributed by atoms with Gasteiger partial charge in [-0.15, -0.1) is 0 Å². The lowest BCUT2D eigenvalue weighted by atomic mass is 10.1. The molecule has 0 aliphatic carbocycles. The molecule has 6 heteroatoms. The highest BCUT2D eigenvalue weighted by Gasteiger charge is 2.04. The second-order valence-corrected chi connectivity index (χ2v) is 4.35. The fourth-order valence-corrected chi connectivity index (χ4v) is 1.90. The number of rotatable bonds is 6. The highest BCUT2D eigenvalue weighted by molar-refractivity contribution is 6.01. The van der Waals surface area contributed by atoms with Crippen LogP contribution in [0, 0.1) is 0 Å². The standard InChI is InChI=1S/C15H16N2O4/c18-14(19)10-21-9-8-16-15(20)17-13-7-3-5-11-4-1-2-6-12(11)13/h1-7H,8-10H2,(H,18,19)(H2,16,17,20). The molecule has 2 aromatic carbocycles. The minimum atomic E-state index is -1.03. The summed E-state index contributed by atoms with van der Waals surface area (Å²) in [5.74, 6) is -1.03. The molecule has 110 valence electrons. The Balaban J connectivity index is 1.86. The summed E-state index contributed by atoms with van der Waals surface area (Å²) in [6.07, 6.45) is 0. The predicted molar refractivity (Wildman–Crippen MR) is 79.4 cm³/mol. The number of amides is 2. The molecule has 0 aliphatic heterocycles. The number of aliphatic carboxylic acids is 1. The summed E-state index contributed by atoms with van der Waals surface area (Å²) in [6, 6.07) is 13.1. The fraction of sp³-hybridized carbons (Fsp3) is 0.200. The summed E-state index contributed by atoms with van der Waals surface area (Å²) in [5, 5.41) is 15.8. The number of carbonyl (C=O) groups excluding carboxylic acids is 1. The monoisotopic (exact) mass is 288 g/mol. The van der Waals surface area contributed by atoms with E-state index in [1.807, 2.05) is 42.5 Å². The van der Waals surface area contributed by atoms with Crippen LogP contribution < -0.4 is 10.6 Å². The molecule has 21 heavy (non-hydrogen) atoms. The normalized spacial score (nSPS) is 10.3. The number of carboxylic acid groups (broad SMARTS) is 1. The Kier molecular flexibility index (Phi) is 5.11. The van der Waals surface area contributed by atoms with Gasteiger partial charge in [0.1, 0.15) is 6.61 Å². The van der Waals surface area contributed by atoms with Gasteiger partial charge in [0.25, 0.3) is 0 Å². The van der Waals surface area contributed by atoms with E-state index in [4.69, 9.17) is 9.84 Å². The van der Waals surface area contributed by atoms with E-state index in [0.29, 0.717) is 0 Å². The first-order valence-electron chi connectivity index (χ1n) is 6.49. The van der Waals surface area contributed by atoms with Crippen LogP contribution in [-0.4, -0.2) is 36.9 Å². The first-order chi connectivity index (χ1) is 10.2. The first-order valence-corrected chi connectivity index (χ1v) is 6.49. The summed E-state index contributed by atoms with van der Waals surface area (Å²) >= 11 is 0. The number of nitrogens with one attached hydrogen (secondary N) is 2. The Labute approximate surface area is 121 Å². The average molecular weight is 288 g/mol. The highest BCUT2D eigenvalue weighted by atomic mass is 16.5. The van der Waals surface area contributed by atoms with E-state index < -0.39 is 5.97 Å². The van der Waals surface area contributed by atoms with Crippen LogP contribution >= 0.6 is 0 Å². The number of carboxylic acids is 1. The van der Waals surface area contributed by atoms with Gasteiger partial charge >= 0.3 is 12.0 Å². The molecule has 0 saturated heterocycles. The van der Waals surface area contributed by atoms with Crippen LogP contribution in [-0.2, 0) is 9.53 Å². The molecule has 0 aromatic heterocycles. The van der Waals surface area contributed by atoms with Crippen molar-refractivity contribution in [2.45, 2.75) is 0 Å². The predicted octanol–water partition coefficient (Wildman–Crippen LogP) is 2.06. The Hall–Kier alpha value is -2.60. The van der Waals surface area contributed by atoms with E-state index >= 15 is 0 Å². The molecule has 0 atom stereocenters. The zero-order valence-electron chi connectivity index (χ0n) is 11.3. The maximum Gasteiger partial charge on any atom is 0.329 e. The maximum atomic E-state index is 11.8. The Morgan fingerprint density at radius 2 is 1.86 bits per heavy atom. The van der Waals surface area contributed by atoms with Gasteiger partial charge in [-0.3, -0.25) is 0 Å². The summed E-state index contributed by atoms with van der Waals surface area (Å²) in [5.41, 5.74) is 0.719. The maximum absolute atomic E-state index is 11.8. The second-order valence-electron chi connectivity index (χ2n) is 4.35. The van der Waals surface area contributed by atoms with Crippen LogP contribution in [0.1, 0.15) is 0 Å². The second kappa shape index (κ2) is 7.25. The molecule has 2 rings (SSSR count). The molecular weight excluding hydrogens is 272 g/mol. The van der Waals surface area contributed by atoms with Crippen LogP contribution in [0.3, 0.4) is 0 Å². The molecule has 0 heterocycles. The molecule has 2 amide bonds. The average Bonchev–Trinajstić information content (AvgIpc) is 2.47. The zero-order valence-corrected chi connectivity index (χ0v) is 11.3. The summed E-state index contributed by atoms with van der Waals surface area (Å²) in [4.78, 5) is 22.0. The van der Waals surface area contributed by atoms with Crippen molar-refractivity contribution in [2.24, 2.45) is 0 Å². The lowest BCUT2D eigenvalue weighted by Crippen LogP contribution is -2.32. The molecule has 0 bridgehead atoms. The van der Waals surface area contributed by atoms with Gasteiger partial charge in [0.15, 0.2) is 0 Å². The Bertz CT molecular complexity index is 637. The summed E-state index contributed by atoms with van der Waals surface area (Å²) in [6.45, 7) is 0.0196. The van der Waals surface area contributed by atoms with Gasteiger partial charge in [-0.1, -0.05) is 36.4 Å². The van der Waals surface area contributed by atoms with E-state index in [0.717, 1.165) is 16.5 Å². The summed E-state index contributed by atoms with van der Waals surface area (Å²) < 4.78 is 4.82. The van der Waals surface area contributed by atoms with E-state index in [-0.39, 0.29) is 25.8 Å². The molecule has 0 saturated carbocycles. The summed E-state index contributed by atoms with van der Waals surface area (Å²) in [7, 11) is 0. The van der Waals surface area contributed by atoms with Crippen LogP contribution in [0.4, 0.5) is 10.5 Å². The molecule has 0 radical (unpaired) electrons. The van der Waals surface area contributed by atoms with Crippen LogP contribution in [0.5, 0.6) is 0 Å². The third-order valence-corrected chi connectivity index (χ3v) is 2.80.